The first-order valence-corrected chi connectivity index (χ1v) is 7.14. The number of hydrogen-bond donors (Lipinski definition) is 2. The van der Waals surface area contributed by atoms with Crippen LogP contribution in [0.15, 0.2) is 36.4 Å². The zero-order valence-corrected chi connectivity index (χ0v) is 13.1. The van der Waals surface area contributed by atoms with E-state index in [4.69, 9.17) is 0 Å². The van der Waals surface area contributed by atoms with Crippen LogP contribution in [0.3, 0.4) is 0 Å². The maximum absolute atomic E-state index is 12.0. The van der Waals surface area contributed by atoms with Crippen molar-refractivity contribution in [3.05, 3.63) is 58.7 Å². The van der Waals surface area contributed by atoms with Crippen molar-refractivity contribution in [3.8, 4) is 0 Å². The Morgan fingerprint density at radius 3 is 2.33 bits per heavy atom. The van der Waals surface area contributed by atoms with Gasteiger partial charge in [-0.25, -0.2) is 0 Å². The maximum atomic E-state index is 12.0. The van der Waals surface area contributed by atoms with Crippen LogP contribution in [0.25, 0.3) is 0 Å². The molecule has 0 spiro atoms. The third kappa shape index (κ3) is 4.09. The molecular formula is C18H22N2O. The van der Waals surface area contributed by atoms with Gasteiger partial charge >= 0.3 is 0 Å². The van der Waals surface area contributed by atoms with Crippen molar-refractivity contribution in [1.82, 2.24) is 0 Å². The van der Waals surface area contributed by atoms with Crippen LogP contribution in [0.5, 0.6) is 0 Å². The van der Waals surface area contributed by atoms with E-state index in [9.17, 15) is 4.79 Å². The maximum Gasteiger partial charge on any atom is 0.243 e. The van der Waals surface area contributed by atoms with Gasteiger partial charge < -0.3 is 10.6 Å². The first-order valence-electron chi connectivity index (χ1n) is 7.14. The van der Waals surface area contributed by atoms with Crippen LogP contribution < -0.4 is 10.6 Å². The summed E-state index contributed by atoms with van der Waals surface area (Å²) in [6, 6.07) is 12.2. The fourth-order valence-corrected chi connectivity index (χ4v) is 2.10. The summed E-state index contributed by atoms with van der Waals surface area (Å²) in [7, 11) is 0. The van der Waals surface area contributed by atoms with E-state index >= 15 is 0 Å². The van der Waals surface area contributed by atoms with Gasteiger partial charge in [0.15, 0.2) is 0 Å². The molecule has 0 aliphatic carbocycles. The third-order valence-corrected chi connectivity index (χ3v) is 3.63. The van der Waals surface area contributed by atoms with Crippen LogP contribution in [-0.4, -0.2) is 12.5 Å². The lowest BCUT2D eigenvalue weighted by Gasteiger charge is -2.11. The Morgan fingerprint density at radius 2 is 1.62 bits per heavy atom. The summed E-state index contributed by atoms with van der Waals surface area (Å²) in [6.07, 6.45) is 0. The van der Waals surface area contributed by atoms with Gasteiger partial charge in [-0.1, -0.05) is 18.2 Å². The second-order valence-electron chi connectivity index (χ2n) is 5.52. The molecule has 0 aromatic heterocycles. The summed E-state index contributed by atoms with van der Waals surface area (Å²) >= 11 is 0. The molecule has 0 radical (unpaired) electrons. The Kier molecular flexibility index (Phi) is 4.63. The fraction of sp³-hybridized carbons (Fsp3) is 0.278. The van der Waals surface area contributed by atoms with E-state index in [1.807, 2.05) is 38.1 Å². The van der Waals surface area contributed by atoms with Crippen molar-refractivity contribution in [3.63, 3.8) is 0 Å². The summed E-state index contributed by atoms with van der Waals surface area (Å²) in [4.78, 5) is 12.0. The number of nitrogens with one attached hydrogen (secondary N) is 2. The van der Waals surface area contributed by atoms with Gasteiger partial charge in [-0.2, -0.15) is 0 Å². The summed E-state index contributed by atoms with van der Waals surface area (Å²) in [5.41, 5.74) is 6.52. The van der Waals surface area contributed by atoms with Gasteiger partial charge in [-0.15, -0.1) is 0 Å². The second-order valence-corrected chi connectivity index (χ2v) is 5.52. The molecule has 0 fully saturated rings. The Labute approximate surface area is 126 Å². The first-order chi connectivity index (χ1) is 9.95. The minimum Gasteiger partial charge on any atom is -0.376 e. The van der Waals surface area contributed by atoms with Gasteiger partial charge in [-0.05, 0) is 68.1 Å². The van der Waals surface area contributed by atoms with Crippen LogP contribution in [0.1, 0.15) is 22.3 Å². The lowest BCUT2D eigenvalue weighted by molar-refractivity contribution is -0.114. The molecule has 3 heteroatoms. The molecule has 0 aliphatic heterocycles. The molecule has 2 rings (SSSR count). The highest BCUT2D eigenvalue weighted by Gasteiger charge is 2.05. The zero-order chi connectivity index (χ0) is 15.4. The number of carbonyl (C=O) groups is 1. The predicted molar refractivity (Wildman–Crippen MR) is 89.0 cm³/mol. The first kappa shape index (κ1) is 15.1. The van der Waals surface area contributed by atoms with Crippen molar-refractivity contribution in [1.29, 1.82) is 0 Å². The monoisotopic (exact) mass is 282 g/mol. The highest BCUT2D eigenvalue weighted by Crippen LogP contribution is 2.17. The smallest absolute Gasteiger partial charge is 0.243 e. The lowest BCUT2D eigenvalue weighted by atomic mass is 10.1. The van der Waals surface area contributed by atoms with Crippen molar-refractivity contribution >= 4 is 17.3 Å². The number of aryl methyl sites for hydroxylation is 4. The molecule has 0 atom stereocenters. The number of carbonyl (C=O) groups excluding carboxylic acids is 1. The Bertz CT molecular complexity index is 662. The van der Waals surface area contributed by atoms with Crippen molar-refractivity contribution < 1.29 is 4.79 Å². The number of anilines is 2. The van der Waals surface area contributed by atoms with Gasteiger partial charge in [0, 0.05) is 11.4 Å². The molecule has 2 aromatic carbocycles. The van der Waals surface area contributed by atoms with Gasteiger partial charge in [0.1, 0.15) is 0 Å². The predicted octanol–water partition coefficient (Wildman–Crippen LogP) is 3.97. The molecule has 3 nitrogen and oxygen atoms in total. The molecule has 0 unspecified atom stereocenters. The number of hydrogen-bond acceptors (Lipinski definition) is 2. The van der Waals surface area contributed by atoms with Crippen molar-refractivity contribution in [2.75, 3.05) is 17.2 Å². The molecule has 2 N–H and O–H groups in total. The largest absolute Gasteiger partial charge is 0.376 e. The topological polar surface area (TPSA) is 41.1 Å². The van der Waals surface area contributed by atoms with Crippen LogP contribution >= 0.6 is 0 Å². The minimum atomic E-state index is -0.0399. The van der Waals surface area contributed by atoms with E-state index in [1.165, 1.54) is 11.1 Å². The van der Waals surface area contributed by atoms with Gasteiger partial charge in [0.2, 0.25) is 5.91 Å². The number of amides is 1. The van der Waals surface area contributed by atoms with Gasteiger partial charge in [0.25, 0.3) is 0 Å². The molecule has 21 heavy (non-hydrogen) atoms. The van der Waals surface area contributed by atoms with Crippen molar-refractivity contribution in [2.45, 2.75) is 27.7 Å². The molecule has 110 valence electrons. The molecular weight excluding hydrogens is 260 g/mol. The van der Waals surface area contributed by atoms with E-state index in [1.54, 1.807) is 0 Å². The Balaban J connectivity index is 1.95. The number of rotatable bonds is 4. The second kappa shape index (κ2) is 6.44. The van der Waals surface area contributed by atoms with Crippen LogP contribution in [-0.2, 0) is 4.79 Å². The molecule has 0 heterocycles. The minimum absolute atomic E-state index is 0.0399. The van der Waals surface area contributed by atoms with E-state index < -0.39 is 0 Å². The molecule has 0 saturated heterocycles. The highest BCUT2D eigenvalue weighted by molar-refractivity contribution is 5.94. The van der Waals surface area contributed by atoms with Crippen LogP contribution in [0.2, 0.25) is 0 Å². The standard InChI is InChI=1S/C18H22N2O/c1-12-5-6-14(3)17(9-12)20-18(21)11-19-16-8-7-13(2)15(4)10-16/h5-10,19H,11H2,1-4H3,(H,20,21). The average Bonchev–Trinajstić information content (AvgIpc) is 2.44. The molecule has 0 aliphatic rings. The number of benzene rings is 2. The average molecular weight is 282 g/mol. The molecule has 1 amide bonds. The Hall–Kier alpha value is -2.29. The third-order valence-electron chi connectivity index (χ3n) is 3.63. The SMILES string of the molecule is Cc1ccc(C)c(NC(=O)CNc2ccc(C)c(C)c2)c1. The van der Waals surface area contributed by atoms with Crippen LogP contribution in [0, 0.1) is 27.7 Å². The van der Waals surface area contributed by atoms with Gasteiger partial charge in [0.05, 0.1) is 6.54 Å². The summed E-state index contributed by atoms with van der Waals surface area (Å²) < 4.78 is 0. The Morgan fingerprint density at radius 1 is 0.905 bits per heavy atom. The molecule has 0 bridgehead atoms. The van der Waals surface area contributed by atoms with Crippen LogP contribution in [0.4, 0.5) is 11.4 Å². The van der Waals surface area contributed by atoms with E-state index in [-0.39, 0.29) is 12.5 Å². The molecule has 0 saturated carbocycles. The normalized spacial score (nSPS) is 10.3. The molecule has 2 aromatic rings. The summed E-state index contributed by atoms with van der Waals surface area (Å²) in [5.74, 6) is -0.0399. The van der Waals surface area contributed by atoms with Gasteiger partial charge in [-0.3, -0.25) is 4.79 Å². The van der Waals surface area contributed by atoms with E-state index in [0.717, 1.165) is 22.5 Å². The highest BCUT2D eigenvalue weighted by atomic mass is 16.1. The lowest BCUT2D eigenvalue weighted by Crippen LogP contribution is -2.22. The summed E-state index contributed by atoms with van der Waals surface area (Å²) in [5, 5.41) is 6.10. The fourth-order valence-electron chi connectivity index (χ4n) is 2.10. The van der Waals surface area contributed by atoms with E-state index in [2.05, 4.69) is 36.6 Å². The van der Waals surface area contributed by atoms with E-state index in [0.29, 0.717) is 0 Å². The summed E-state index contributed by atoms with van der Waals surface area (Å²) in [6.45, 7) is 8.41. The van der Waals surface area contributed by atoms with Crippen molar-refractivity contribution in [2.24, 2.45) is 0 Å². The zero-order valence-electron chi connectivity index (χ0n) is 13.1. The quantitative estimate of drug-likeness (QED) is 0.891.